The summed E-state index contributed by atoms with van der Waals surface area (Å²) in [6, 6.07) is 4.22. The number of thiocarbonyl (C=S) groups is 1. The van der Waals surface area contributed by atoms with E-state index in [1.165, 1.54) is 18.2 Å². The molecule has 0 aliphatic carbocycles. The maximum atomic E-state index is 13.6. The van der Waals surface area contributed by atoms with Crippen molar-refractivity contribution in [3.63, 3.8) is 0 Å². The van der Waals surface area contributed by atoms with Crippen molar-refractivity contribution < 1.29 is 9.18 Å². The number of benzene rings is 1. The van der Waals surface area contributed by atoms with Crippen molar-refractivity contribution in [2.24, 2.45) is 5.73 Å². The summed E-state index contributed by atoms with van der Waals surface area (Å²) in [5.41, 5.74) is 6.21. The van der Waals surface area contributed by atoms with Gasteiger partial charge in [0.05, 0.1) is 16.9 Å². The van der Waals surface area contributed by atoms with Crippen molar-refractivity contribution in [3.8, 4) is 0 Å². The molecule has 1 heterocycles. The number of aromatic nitrogens is 2. The molecule has 0 aliphatic rings. The number of anilines is 1. The minimum absolute atomic E-state index is 0.0148. The Morgan fingerprint density at radius 3 is 2.84 bits per heavy atom. The standard InChI is InChI=1S/C11H9FN4OS2/c1-5-9(19-16-15-5)11(17)14-7-4-2-3-6(12)8(7)10(13)18/h2-4H,1H3,(H2,13,18)(H,14,17). The van der Waals surface area contributed by atoms with Crippen LogP contribution in [0.2, 0.25) is 0 Å². The fraction of sp³-hybridized carbons (Fsp3) is 0.0909. The lowest BCUT2D eigenvalue weighted by molar-refractivity contribution is 0.103. The zero-order valence-electron chi connectivity index (χ0n) is 9.81. The van der Waals surface area contributed by atoms with Crippen LogP contribution in [0.15, 0.2) is 18.2 Å². The predicted molar refractivity (Wildman–Crippen MR) is 74.9 cm³/mol. The van der Waals surface area contributed by atoms with Gasteiger partial charge in [-0.05, 0) is 30.6 Å². The summed E-state index contributed by atoms with van der Waals surface area (Å²) in [6.45, 7) is 1.67. The summed E-state index contributed by atoms with van der Waals surface area (Å²) in [4.78, 5) is 12.2. The molecule has 0 spiro atoms. The molecule has 2 rings (SSSR count). The first-order valence-electron chi connectivity index (χ1n) is 5.19. The van der Waals surface area contributed by atoms with Crippen molar-refractivity contribution in [2.75, 3.05) is 5.32 Å². The first-order valence-corrected chi connectivity index (χ1v) is 6.37. The van der Waals surface area contributed by atoms with Gasteiger partial charge in [0, 0.05) is 0 Å². The fourth-order valence-electron chi connectivity index (χ4n) is 1.50. The molecule has 8 heteroatoms. The summed E-state index contributed by atoms with van der Waals surface area (Å²) in [5, 5.41) is 6.30. The van der Waals surface area contributed by atoms with Crippen LogP contribution >= 0.6 is 23.8 Å². The molecule has 3 N–H and O–H groups in total. The third-order valence-electron chi connectivity index (χ3n) is 2.37. The number of carbonyl (C=O) groups is 1. The van der Waals surface area contributed by atoms with Gasteiger partial charge in [-0.15, -0.1) is 5.10 Å². The van der Waals surface area contributed by atoms with E-state index in [4.69, 9.17) is 18.0 Å². The first-order chi connectivity index (χ1) is 9.00. The molecule has 98 valence electrons. The number of carbonyl (C=O) groups excluding carboxylic acids is 1. The van der Waals surface area contributed by atoms with Crippen LogP contribution in [-0.2, 0) is 0 Å². The molecule has 0 bridgehead atoms. The summed E-state index contributed by atoms with van der Waals surface area (Å²) < 4.78 is 17.3. The SMILES string of the molecule is Cc1nnsc1C(=O)Nc1cccc(F)c1C(N)=S. The molecule has 0 atom stereocenters. The van der Waals surface area contributed by atoms with Crippen molar-refractivity contribution in [3.05, 3.63) is 40.2 Å². The average Bonchev–Trinajstić information content (AvgIpc) is 2.75. The number of nitrogens with one attached hydrogen (secondary N) is 1. The largest absolute Gasteiger partial charge is 0.389 e. The minimum Gasteiger partial charge on any atom is -0.389 e. The van der Waals surface area contributed by atoms with Gasteiger partial charge < -0.3 is 11.1 Å². The smallest absolute Gasteiger partial charge is 0.269 e. The zero-order chi connectivity index (χ0) is 14.0. The molecule has 2 aromatic rings. The Morgan fingerprint density at radius 2 is 2.26 bits per heavy atom. The van der Waals surface area contributed by atoms with E-state index in [-0.39, 0.29) is 16.2 Å². The number of nitrogens with zero attached hydrogens (tertiary/aromatic N) is 2. The highest BCUT2D eigenvalue weighted by Gasteiger charge is 2.17. The lowest BCUT2D eigenvalue weighted by Crippen LogP contribution is -2.19. The Labute approximate surface area is 117 Å². The summed E-state index contributed by atoms with van der Waals surface area (Å²) in [6.07, 6.45) is 0. The van der Waals surface area contributed by atoms with Gasteiger partial charge in [-0.2, -0.15) is 0 Å². The van der Waals surface area contributed by atoms with Crippen LogP contribution in [0, 0.1) is 12.7 Å². The van der Waals surface area contributed by atoms with Crippen LogP contribution in [0.5, 0.6) is 0 Å². The molecule has 19 heavy (non-hydrogen) atoms. The number of rotatable bonds is 3. The van der Waals surface area contributed by atoms with Crippen LogP contribution in [0.25, 0.3) is 0 Å². The molecule has 0 saturated carbocycles. The number of hydrogen-bond donors (Lipinski definition) is 2. The van der Waals surface area contributed by atoms with E-state index in [2.05, 4.69) is 14.9 Å². The summed E-state index contributed by atoms with van der Waals surface area (Å²) in [7, 11) is 0. The van der Waals surface area contributed by atoms with Crippen molar-refractivity contribution in [1.29, 1.82) is 0 Å². The molecule has 0 aliphatic heterocycles. The van der Waals surface area contributed by atoms with E-state index in [0.29, 0.717) is 10.6 Å². The maximum Gasteiger partial charge on any atom is 0.269 e. The van der Waals surface area contributed by atoms with Crippen LogP contribution in [0.3, 0.4) is 0 Å². The van der Waals surface area contributed by atoms with Gasteiger partial charge >= 0.3 is 0 Å². The molecule has 0 fully saturated rings. The Hall–Kier alpha value is -1.93. The second-order valence-corrected chi connectivity index (χ2v) is 4.86. The second-order valence-electron chi connectivity index (χ2n) is 3.67. The monoisotopic (exact) mass is 296 g/mol. The highest BCUT2D eigenvalue weighted by molar-refractivity contribution is 7.80. The van der Waals surface area contributed by atoms with Gasteiger partial charge in [0.1, 0.15) is 15.7 Å². The highest BCUT2D eigenvalue weighted by atomic mass is 32.1. The van der Waals surface area contributed by atoms with E-state index < -0.39 is 11.7 Å². The van der Waals surface area contributed by atoms with Gasteiger partial charge in [-0.1, -0.05) is 22.8 Å². The number of halogens is 1. The zero-order valence-corrected chi connectivity index (χ0v) is 11.4. The molecule has 1 amide bonds. The number of aryl methyl sites for hydroxylation is 1. The van der Waals surface area contributed by atoms with E-state index in [1.807, 2.05) is 0 Å². The summed E-state index contributed by atoms with van der Waals surface area (Å²) >= 11 is 5.74. The van der Waals surface area contributed by atoms with Crippen LogP contribution in [-0.4, -0.2) is 20.5 Å². The van der Waals surface area contributed by atoms with Crippen molar-refractivity contribution in [1.82, 2.24) is 9.59 Å². The Balaban J connectivity index is 2.35. The third-order valence-corrected chi connectivity index (χ3v) is 3.40. The third kappa shape index (κ3) is 2.74. The number of nitrogens with two attached hydrogens (primary N) is 1. The molecule has 1 aromatic carbocycles. The lowest BCUT2D eigenvalue weighted by atomic mass is 10.1. The predicted octanol–water partition coefficient (Wildman–Crippen LogP) is 1.87. The topological polar surface area (TPSA) is 80.9 Å². The maximum absolute atomic E-state index is 13.6. The molecule has 0 saturated heterocycles. The lowest BCUT2D eigenvalue weighted by Gasteiger charge is -2.10. The van der Waals surface area contributed by atoms with E-state index in [1.54, 1.807) is 6.92 Å². The first kappa shape index (κ1) is 13.5. The molecular weight excluding hydrogens is 287 g/mol. The highest BCUT2D eigenvalue weighted by Crippen LogP contribution is 2.20. The van der Waals surface area contributed by atoms with Crippen molar-refractivity contribution >= 4 is 40.3 Å². The van der Waals surface area contributed by atoms with Crippen molar-refractivity contribution in [2.45, 2.75) is 6.92 Å². The van der Waals surface area contributed by atoms with Crippen LogP contribution in [0.1, 0.15) is 20.9 Å². The number of hydrogen-bond acceptors (Lipinski definition) is 5. The van der Waals surface area contributed by atoms with E-state index >= 15 is 0 Å². The van der Waals surface area contributed by atoms with Gasteiger partial charge in [0.2, 0.25) is 0 Å². The molecule has 1 aromatic heterocycles. The Morgan fingerprint density at radius 1 is 1.53 bits per heavy atom. The molecule has 5 nitrogen and oxygen atoms in total. The van der Waals surface area contributed by atoms with Crippen LogP contribution < -0.4 is 11.1 Å². The average molecular weight is 296 g/mol. The minimum atomic E-state index is -0.579. The Kier molecular flexibility index (Phi) is 3.82. The quantitative estimate of drug-likeness (QED) is 0.845. The molecular formula is C11H9FN4OS2. The Bertz CT molecular complexity index is 656. The van der Waals surface area contributed by atoms with Gasteiger partial charge in [0.25, 0.3) is 5.91 Å². The van der Waals surface area contributed by atoms with Gasteiger partial charge in [-0.25, -0.2) is 4.39 Å². The van der Waals surface area contributed by atoms with E-state index in [9.17, 15) is 9.18 Å². The fourth-order valence-corrected chi connectivity index (χ4v) is 2.26. The normalized spacial score (nSPS) is 10.2. The number of amides is 1. The molecule has 0 radical (unpaired) electrons. The van der Waals surface area contributed by atoms with Gasteiger partial charge in [-0.3, -0.25) is 4.79 Å². The van der Waals surface area contributed by atoms with E-state index in [0.717, 1.165) is 11.5 Å². The van der Waals surface area contributed by atoms with Gasteiger partial charge in [0.15, 0.2) is 0 Å². The van der Waals surface area contributed by atoms with Crippen LogP contribution in [0.4, 0.5) is 10.1 Å². The summed E-state index contributed by atoms with van der Waals surface area (Å²) in [5.74, 6) is -1.000. The molecule has 0 unspecified atom stereocenters. The second kappa shape index (κ2) is 5.37.